The van der Waals surface area contributed by atoms with Crippen molar-refractivity contribution in [2.24, 2.45) is 5.92 Å². The van der Waals surface area contributed by atoms with E-state index in [1.165, 1.54) is 0 Å². The van der Waals surface area contributed by atoms with Crippen molar-refractivity contribution in [3.63, 3.8) is 0 Å². The molecule has 1 aliphatic rings. The molecule has 0 amide bonds. The highest BCUT2D eigenvalue weighted by atomic mass is 16.5. The Hall–Kier alpha value is -2.62. The summed E-state index contributed by atoms with van der Waals surface area (Å²) in [5, 5.41) is 0. The number of hydrogen-bond donors (Lipinski definition) is 0. The summed E-state index contributed by atoms with van der Waals surface area (Å²) in [6.07, 6.45) is 4.05. The number of hydrogen-bond acceptors (Lipinski definition) is 4. The van der Waals surface area contributed by atoms with Crippen LogP contribution in [0.1, 0.15) is 25.7 Å². The molecule has 4 rings (SSSR count). The van der Waals surface area contributed by atoms with E-state index in [-0.39, 0.29) is 11.9 Å². The largest absolute Gasteiger partial charge is 0.436 e. The molecule has 0 radical (unpaired) electrons. The molecule has 1 aliphatic carbocycles. The van der Waals surface area contributed by atoms with Gasteiger partial charge in [0.25, 0.3) is 0 Å². The molecule has 1 saturated carbocycles. The van der Waals surface area contributed by atoms with Gasteiger partial charge in [-0.1, -0.05) is 37.1 Å². The predicted molar refractivity (Wildman–Crippen MR) is 87.0 cm³/mol. The molecule has 0 spiro atoms. The molecule has 0 aliphatic heterocycles. The van der Waals surface area contributed by atoms with Gasteiger partial charge in [0, 0.05) is 0 Å². The van der Waals surface area contributed by atoms with E-state index >= 15 is 0 Å². The van der Waals surface area contributed by atoms with Gasteiger partial charge in [-0.15, -0.1) is 0 Å². The first-order valence-corrected chi connectivity index (χ1v) is 7.98. The van der Waals surface area contributed by atoms with E-state index < -0.39 is 0 Å². The van der Waals surface area contributed by atoms with Gasteiger partial charge in [-0.05, 0) is 37.1 Å². The lowest BCUT2D eigenvalue weighted by atomic mass is 10.1. The summed E-state index contributed by atoms with van der Waals surface area (Å²) in [6.45, 7) is 0. The monoisotopic (exact) mass is 307 g/mol. The lowest BCUT2D eigenvalue weighted by Crippen LogP contribution is -2.17. The molecule has 0 unspecified atom stereocenters. The first-order chi connectivity index (χ1) is 11.3. The molecule has 4 nitrogen and oxygen atoms in total. The normalized spacial score (nSPS) is 15.1. The molecule has 0 bridgehead atoms. The Morgan fingerprint density at radius 2 is 1.78 bits per heavy atom. The maximum atomic E-state index is 12.3. The van der Waals surface area contributed by atoms with Crippen LogP contribution in [0.2, 0.25) is 0 Å². The van der Waals surface area contributed by atoms with Crippen molar-refractivity contribution in [3.05, 3.63) is 48.5 Å². The quantitative estimate of drug-likeness (QED) is 0.524. The van der Waals surface area contributed by atoms with E-state index in [0.29, 0.717) is 17.2 Å². The Bertz CT molecular complexity index is 813. The Morgan fingerprint density at radius 1 is 1.04 bits per heavy atom. The molecule has 1 aromatic heterocycles. The zero-order chi connectivity index (χ0) is 15.6. The fourth-order valence-corrected chi connectivity index (χ4v) is 3.07. The van der Waals surface area contributed by atoms with Crippen LogP contribution in [0.5, 0.6) is 5.75 Å². The van der Waals surface area contributed by atoms with Crippen molar-refractivity contribution >= 4 is 17.1 Å². The van der Waals surface area contributed by atoms with Gasteiger partial charge in [-0.2, -0.15) is 0 Å². The lowest BCUT2D eigenvalue weighted by Gasteiger charge is -2.11. The number of esters is 1. The number of oxazole rings is 1. The fraction of sp³-hybridized carbons (Fsp3) is 0.263. The molecular weight excluding hydrogens is 290 g/mol. The summed E-state index contributed by atoms with van der Waals surface area (Å²) < 4.78 is 11.4. The van der Waals surface area contributed by atoms with Crippen LogP contribution in [0.15, 0.2) is 52.9 Å². The fourth-order valence-electron chi connectivity index (χ4n) is 3.07. The van der Waals surface area contributed by atoms with Crippen LogP contribution in [0.4, 0.5) is 0 Å². The van der Waals surface area contributed by atoms with Crippen LogP contribution in [-0.4, -0.2) is 11.0 Å². The maximum absolute atomic E-state index is 12.3. The third-order valence-electron chi connectivity index (χ3n) is 4.31. The van der Waals surface area contributed by atoms with Gasteiger partial charge >= 0.3 is 5.97 Å². The molecule has 23 heavy (non-hydrogen) atoms. The van der Waals surface area contributed by atoms with Crippen LogP contribution < -0.4 is 4.74 Å². The Balaban J connectivity index is 1.67. The van der Waals surface area contributed by atoms with Gasteiger partial charge in [0.15, 0.2) is 5.58 Å². The number of carbonyl (C=O) groups is 1. The molecule has 2 aromatic carbocycles. The average Bonchev–Trinajstić information content (AvgIpc) is 3.25. The van der Waals surface area contributed by atoms with Crippen LogP contribution in [0.25, 0.3) is 22.6 Å². The standard InChI is InChI=1S/C19H17NO3/c21-19(13-7-1-2-8-13)23-16-11-5-3-9-14(16)18-20-15-10-4-6-12-17(15)22-18/h3-6,9-13H,1-2,7-8H2. The summed E-state index contributed by atoms with van der Waals surface area (Å²) in [7, 11) is 0. The second kappa shape index (κ2) is 5.88. The average molecular weight is 307 g/mol. The van der Waals surface area contributed by atoms with E-state index in [0.717, 1.165) is 36.8 Å². The van der Waals surface area contributed by atoms with Gasteiger partial charge in [0.2, 0.25) is 5.89 Å². The molecule has 4 heteroatoms. The van der Waals surface area contributed by atoms with E-state index in [1.807, 2.05) is 42.5 Å². The minimum atomic E-state index is -0.147. The molecule has 3 aromatic rings. The minimum absolute atomic E-state index is 0.0201. The van der Waals surface area contributed by atoms with E-state index in [2.05, 4.69) is 4.98 Å². The maximum Gasteiger partial charge on any atom is 0.314 e. The topological polar surface area (TPSA) is 52.3 Å². The number of fused-ring (bicyclic) bond motifs is 1. The zero-order valence-electron chi connectivity index (χ0n) is 12.7. The summed E-state index contributed by atoms with van der Waals surface area (Å²) in [4.78, 5) is 16.8. The highest BCUT2D eigenvalue weighted by molar-refractivity contribution is 5.80. The van der Waals surface area contributed by atoms with Crippen LogP contribution >= 0.6 is 0 Å². The molecule has 116 valence electrons. The number of carbonyl (C=O) groups excluding carboxylic acids is 1. The van der Waals surface area contributed by atoms with Crippen molar-refractivity contribution in [2.45, 2.75) is 25.7 Å². The molecule has 1 heterocycles. The van der Waals surface area contributed by atoms with Crippen LogP contribution in [-0.2, 0) is 4.79 Å². The Morgan fingerprint density at radius 3 is 2.61 bits per heavy atom. The summed E-state index contributed by atoms with van der Waals surface area (Å²) >= 11 is 0. The Labute approximate surface area is 134 Å². The number of benzene rings is 2. The molecular formula is C19H17NO3. The highest BCUT2D eigenvalue weighted by Crippen LogP contribution is 2.33. The smallest absolute Gasteiger partial charge is 0.314 e. The van der Waals surface area contributed by atoms with Crippen molar-refractivity contribution in [2.75, 3.05) is 0 Å². The molecule has 0 atom stereocenters. The van der Waals surface area contributed by atoms with Gasteiger partial charge in [-0.25, -0.2) is 4.98 Å². The van der Waals surface area contributed by atoms with Gasteiger partial charge < -0.3 is 9.15 Å². The van der Waals surface area contributed by atoms with Crippen molar-refractivity contribution in [1.82, 2.24) is 4.98 Å². The number of para-hydroxylation sites is 3. The number of nitrogens with zero attached hydrogens (tertiary/aromatic N) is 1. The second-order valence-electron chi connectivity index (χ2n) is 5.89. The number of aromatic nitrogens is 1. The van der Waals surface area contributed by atoms with E-state index in [4.69, 9.17) is 9.15 Å². The summed E-state index contributed by atoms with van der Waals surface area (Å²) in [6, 6.07) is 15.0. The first kappa shape index (κ1) is 14.0. The SMILES string of the molecule is O=C(Oc1ccccc1-c1nc2ccccc2o1)C1CCCC1. The Kier molecular flexibility index (Phi) is 3.58. The minimum Gasteiger partial charge on any atom is -0.436 e. The third kappa shape index (κ3) is 2.72. The van der Waals surface area contributed by atoms with E-state index in [1.54, 1.807) is 6.07 Å². The van der Waals surface area contributed by atoms with Crippen LogP contribution in [0, 0.1) is 5.92 Å². The van der Waals surface area contributed by atoms with Gasteiger partial charge in [0.1, 0.15) is 11.3 Å². The summed E-state index contributed by atoms with van der Waals surface area (Å²) in [5.74, 6) is 0.856. The van der Waals surface area contributed by atoms with Crippen molar-refractivity contribution in [1.29, 1.82) is 0 Å². The first-order valence-electron chi connectivity index (χ1n) is 7.98. The van der Waals surface area contributed by atoms with Crippen molar-refractivity contribution in [3.8, 4) is 17.2 Å². The lowest BCUT2D eigenvalue weighted by molar-refractivity contribution is -0.138. The highest BCUT2D eigenvalue weighted by Gasteiger charge is 2.25. The van der Waals surface area contributed by atoms with Gasteiger partial charge in [0.05, 0.1) is 11.5 Å². The zero-order valence-corrected chi connectivity index (χ0v) is 12.7. The van der Waals surface area contributed by atoms with Gasteiger partial charge in [-0.3, -0.25) is 4.79 Å². The third-order valence-corrected chi connectivity index (χ3v) is 4.31. The second-order valence-corrected chi connectivity index (χ2v) is 5.89. The molecule has 1 fully saturated rings. The number of ether oxygens (including phenoxy) is 1. The van der Waals surface area contributed by atoms with Crippen molar-refractivity contribution < 1.29 is 13.9 Å². The summed E-state index contributed by atoms with van der Waals surface area (Å²) in [5.41, 5.74) is 2.22. The van der Waals surface area contributed by atoms with Crippen LogP contribution in [0.3, 0.4) is 0 Å². The van der Waals surface area contributed by atoms with E-state index in [9.17, 15) is 4.79 Å². The predicted octanol–water partition coefficient (Wildman–Crippen LogP) is 4.59. The number of rotatable bonds is 3. The molecule has 0 N–H and O–H groups in total. The molecule has 0 saturated heterocycles.